The van der Waals surface area contributed by atoms with Gasteiger partial charge in [0, 0.05) is 25.4 Å². The van der Waals surface area contributed by atoms with Crippen molar-refractivity contribution in [3.05, 3.63) is 77.4 Å². The number of hydrogen-bond donors (Lipinski definition) is 1. The molecule has 0 bridgehead atoms. The lowest BCUT2D eigenvalue weighted by Crippen LogP contribution is -2.22. The van der Waals surface area contributed by atoms with E-state index in [4.69, 9.17) is 13.9 Å². The van der Waals surface area contributed by atoms with Crippen molar-refractivity contribution in [1.82, 2.24) is 10.3 Å². The summed E-state index contributed by atoms with van der Waals surface area (Å²) in [4.78, 5) is 16.5. The molecule has 0 radical (unpaired) electrons. The molecule has 1 N–H and O–H groups in total. The predicted octanol–water partition coefficient (Wildman–Crippen LogP) is 3.85. The molecule has 3 rings (SSSR count). The van der Waals surface area contributed by atoms with Crippen LogP contribution in [0.15, 0.2) is 59.1 Å². The summed E-state index contributed by atoms with van der Waals surface area (Å²) in [6, 6.07) is 14.7. The maximum Gasteiger partial charge on any atom is 0.287 e. The van der Waals surface area contributed by atoms with Crippen LogP contribution in [0, 0.1) is 6.92 Å². The second-order valence-corrected chi connectivity index (χ2v) is 5.72. The van der Waals surface area contributed by atoms with E-state index < -0.39 is 0 Å². The minimum Gasteiger partial charge on any atom is -0.453 e. The molecule has 2 heterocycles. The third kappa shape index (κ3) is 4.29. The van der Waals surface area contributed by atoms with Gasteiger partial charge in [-0.15, -0.1) is 0 Å². The van der Waals surface area contributed by atoms with Crippen molar-refractivity contribution in [2.75, 3.05) is 7.11 Å². The number of furan rings is 1. The van der Waals surface area contributed by atoms with E-state index in [1.54, 1.807) is 31.5 Å². The minimum atomic E-state index is -0.307. The number of hydrogen-bond acceptors (Lipinski definition) is 5. The zero-order valence-corrected chi connectivity index (χ0v) is 14.7. The zero-order chi connectivity index (χ0) is 18.4. The van der Waals surface area contributed by atoms with Crippen LogP contribution in [0.3, 0.4) is 0 Å². The Hall–Kier alpha value is -3.12. The molecule has 2 aromatic heterocycles. The van der Waals surface area contributed by atoms with Gasteiger partial charge in [0.1, 0.15) is 18.1 Å². The Balaban J connectivity index is 1.68. The largest absolute Gasteiger partial charge is 0.453 e. The number of ether oxygens (including phenoxy) is 2. The molecule has 0 saturated heterocycles. The normalized spacial score (nSPS) is 10.5. The van der Waals surface area contributed by atoms with Gasteiger partial charge in [0.2, 0.25) is 5.88 Å². The minimum absolute atomic E-state index is 0.238. The van der Waals surface area contributed by atoms with E-state index in [-0.39, 0.29) is 18.2 Å². The number of para-hydroxylation sites is 1. The van der Waals surface area contributed by atoms with Crippen molar-refractivity contribution in [1.29, 1.82) is 0 Å². The van der Waals surface area contributed by atoms with Crippen molar-refractivity contribution in [3.63, 3.8) is 0 Å². The van der Waals surface area contributed by atoms with Gasteiger partial charge in [-0.05, 0) is 36.8 Å². The lowest BCUT2D eigenvalue weighted by molar-refractivity contribution is 0.0914. The Labute approximate surface area is 151 Å². The molecule has 0 fully saturated rings. The van der Waals surface area contributed by atoms with Crippen LogP contribution in [0.5, 0.6) is 11.6 Å². The molecule has 3 aromatic rings. The summed E-state index contributed by atoms with van der Waals surface area (Å²) < 4.78 is 16.3. The third-order valence-corrected chi connectivity index (χ3v) is 3.76. The molecule has 0 atom stereocenters. The second-order valence-electron chi connectivity index (χ2n) is 5.72. The number of nitrogens with one attached hydrogen (secondary N) is 1. The summed E-state index contributed by atoms with van der Waals surface area (Å²) in [5, 5.41) is 2.82. The first kappa shape index (κ1) is 17.7. The number of pyridine rings is 1. The van der Waals surface area contributed by atoms with Crippen LogP contribution >= 0.6 is 0 Å². The molecule has 1 amide bonds. The van der Waals surface area contributed by atoms with Gasteiger partial charge in [0.25, 0.3) is 5.91 Å². The Morgan fingerprint density at radius 2 is 2.00 bits per heavy atom. The van der Waals surface area contributed by atoms with E-state index in [0.717, 1.165) is 16.9 Å². The molecule has 0 aliphatic carbocycles. The number of amides is 1. The molecule has 1 aromatic carbocycles. The number of methoxy groups -OCH3 is 1. The summed E-state index contributed by atoms with van der Waals surface area (Å²) in [7, 11) is 1.57. The smallest absolute Gasteiger partial charge is 0.287 e. The second kappa shape index (κ2) is 8.31. The number of carbonyl (C=O) groups is 1. The summed E-state index contributed by atoms with van der Waals surface area (Å²) in [5.74, 6) is 1.72. The number of rotatable bonds is 7. The molecule has 0 unspecified atom stereocenters. The van der Waals surface area contributed by atoms with Crippen LogP contribution in [-0.4, -0.2) is 18.0 Å². The first-order valence-corrected chi connectivity index (χ1v) is 8.20. The van der Waals surface area contributed by atoms with E-state index in [1.807, 2.05) is 37.3 Å². The van der Waals surface area contributed by atoms with Crippen LogP contribution in [0.4, 0.5) is 0 Å². The van der Waals surface area contributed by atoms with E-state index in [2.05, 4.69) is 10.3 Å². The van der Waals surface area contributed by atoms with Gasteiger partial charge >= 0.3 is 0 Å². The van der Waals surface area contributed by atoms with Gasteiger partial charge < -0.3 is 19.2 Å². The van der Waals surface area contributed by atoms with Crippen LogP contribution in [0.1, 0.15) is 27.4 Å². The van der Waals surface area contributed by atoms with E-state index in [9.17, 15) is 4.79 Å². The quantitative estimate of drug-likeness (QED) is 0.699. The van der Waals surface area contributed by atoms with Crippen LogP contribution < -0.4 is 10.1 Å². The number of aryl methyl sites for hydroxylation is 1. The third-order valence-electron chi connectivity index (χ3n) is 3.76. The lowest BCUT2D eigenvalue weighted by Gasteiger charge is -2.12. The van der Waals surface area contributed by atoms with Crippen LogP contribution in [-0.2, 0) is 17.9 Å². The highest BCUT2D eigenvalue weighted by Gasteiger charge is 2.13. The number of carbonyl (C=O) groups excluding carboxylic acids is 1. The van der Waals surface area contributed by atoms with Gasteiger partial charge in [-0.1, -0.05) is 24.3 Å². The van der Waals surface area contributed by atoms with Crippen molar-refractivity contribution >= 4 is 5.91 Å². The fraction of sp³-hybridized carbons (Fsp3) is 0.200. The van der Waals surface area contributed by atoms with Gasteiger partial charge in [0.05, 0.1) is 0 Å². The van der Waals surface area contributed by atoms with Gasteiger partial charge in [-0.25, -0.2) is 4.98 Å². The van der Waals surface area contributed by atoms with Crippen molar-refractivity contribution < 1.29 is 18.7 Å². The first-order valence-electron chi connectivity index (χ1n) is 8.20. The zero-order valence-electron chi connectivity index (χ0n) is 14.7. The fourth-order valence-electron chi connectivity index (χ4n) is 2.41. The average molecular weight is 352 g/mol. The Morgan fingerprint density at radius 3 is 2.81 bits per heavy atom. The SMILES string of the molecule is COCc1ccc(C(=O)NCc2cccnc2Oc2ccccc2C)o1. The Bertz CT molecular complexity index is 889. The molecule has 6 nitrogen and oxygen atoms in total. The van der Waals surface area contributed by atoms with E-state index in [1.165, 1.54) is 0 Å². The maximum absolute atomic E-state index is 12.3. The molecule has 0 aliphatic heterocycles. The molecule has 26 heavy (non-hydrogen) atoms. The molecule has 134 valence electrons. The van der Waals surface area contributed by atoms with Gasteiger partial charge in [-0.3, -0.25) is 4.79 Å². The monoisotopic (exact) mass is 352 g/mol. The highest BCUT2D eigenvalue weighted by atomic mass is 16.5. The molecular weight excluding hydrogens is 332 g/mol. The molecule has 0 spiro atoms. The number of aromatic nitrogens is 1. The van der Waals surface area contributed by atoms with Crippen LogP contribution in [0.25, 0.3) is 0 Å². The fourth-order valence-corrected chi connectivity index (χ4v) is 2.41. The van der Waals surface area contributed by atoms with Gasteiger partial charge in [0.15, 0.2) is 5.76 Å². The molecule has 6 heteroatoms. The summed E-state index contributed by atoms with van der Waals surface area (Å²) in [5.41, 5.74) is 1.78. The van der Waals surface area contributed by atoms with E-state index in [0.29, 0.717) is 18.2 Å². The lowest BCUT2D eigenvalue weighted by atomic mass is 10.2. The van der Waals surface area contributed by atoms with Crippen molar-refractivity contribution in [2.45, 2.75) is 20.1 Å². The highest BCUT2D eigenvalue weighted by molar-refractivity contribution is 5.91. The maximum atomic E-state index is 12.3. The highest BCUT2D eigenvalue weighted by Crippen LogP contribution is 2.25. The van der Waals surface area contributed by atoms with Crippen LogP contribution in [0.2, 0.25) is 0 Å². The first-order chi connectivity index (χ1) is 12.7. The van der Waals surface area contributed by atoms with E-state index >= 15 is 0 Å². The molecular formula is C20H20N2O4. The summed E-state index contributed by atoms with van der Waals surface area (Å²) in [6.45, 7) is 2.56. The number of nitrogens with zero attached hydrogens (tertiary/aromatic N) is 1. The summed E-state index contributed by atoms with van der Waals surface area (Å²) in [6.07, 6.45) is 1.66. The average Bonchev–Trinajstić information content (AvgIpc) is 3.12. The Kier molecular flexibility index (Phi) is 5.66. The Morgan fingerprint density at radius 1 is 1.15 bits per heavy atom. The molecule has 0 aliphatic rings. The van der Waals surface area contributed by atoms with Crippen molar-refractivity contribution in [3.8, 4) is 11.6 Å². The van der Waals surface area contributed by atoms with Crippen molar-refractivity contribution in [2.24, 2.45) is 0 Å². The summed E-state index contributed by atoms with van der Waals surface area (Å²) >= 11 is 0. The molecule has 0 saturated carbocycles. The topological polar surface area (TPSA) is 73.6 Å². The standard InChI is InChI=1S/C20H20N2O4/c1-14-6-3-4-8-17(14)26-20-15(7-5-11-21-20)12-22-19(23)18-10-9-16(25-18)13-24-2/h3-11H,12-13H2,1-2H3,(H,22,23). The predicted molar refractivity (Wildman–Crippen MR) is 96.1 cm³/mol. The number of benzene rings is 1. The van der Waals surface area contributed by atoms with Gasteiger partial charge in [-0.2, -0.15) is 0 Å².